The molecule has 0 bridgehead atoms. The molecule has 2 heterocycles. The van der Waals surface area contributed by atoms with Gasteiger partial charge in [-0.15, -0.1) is 0 Å². The Hall–Kier alpha value is -2.43. The maximum Gasteiger partial charge on any atom is 0.274 e. The number of aromatic nitrogens is 2. The summed E-state index contributed by atoms with van der Waals surface area (Å²) in [5.74, 6) is 0.754. The molecule has 1 fully saturated rings. The Morgan fingerprint density at radius 2 is 1.86 bits per heavy atom. The minimum atomic E-state index is -0.107. The molecule has 0 aliphatic carbocycles. The van der Waals surface area contributed by atoms with Crippen molar-refractivity contribution in [1.82, 2.24) is 14.9 Å². The van der Waals surface area contributed by atoms with E-state index in [1.54, 1.807) is 24.3 Å². The number of carbonyl (C=O) groups excluding carboxylic acids is 1. The molecule has 1 amide bonds. The lowest BCUT2D eigenvalue weighted by molar-refractivity contribution is 0.0779. The smallest absolute Gasteiger partial charge is 0.274 e. The normalized spacial score (nSPS) is 14.1. The lowest BCUT2D eigenvalue weighted by atomic mass is 10.2. The largest absolute Gasteiger partial charge is 0.355 e. The average Bonchev–Trinajstić information content (AvgIpc) is 3.10. The van der Waals surface area contributed by atoms with E-state index in [1.165, 1.54) is 12.8 Å². The molecule has 1 aromatic heterocycles. The molecule has 2 aromatic rings. The molecule has 0 saturated carbocycles. The summed E-state index contributed by atoms with van der Waals surface area (Å²) in [5.41, 5.74) is 1.49. The summed E-state index contributed by atoms with van der Waals surface area (Å²) >= 11 is 0. The highest BCUT2D eigenvalue weighted by Gasteiger charge is 2.17. The first-order chi connectivity index (χ1) is 10.7. The van der Waals surface area contributed by atoms with Gasteiger partial charge < -0.3 is 9.80 Å². The van der Waals surface area contributed by atoms with Gasteiger partial charge in [0.05, 0.1) is 12.4 Å². The first kappa shape index (κ1) is 14.5. The van der Waals surface area contributed by atoms with Crippen molar-refractivity contribution in [2.24, 2.45) is 0 Å². The molecule has 5 heteroatoms. The second-order valence-electron chi connectivity index (χ2n) is 5.60. The Morgan fingerprint density at radius 1 is 1.14 bits per heavy atom. The third kappa shape index (κ3) is 3.24. The Morgan fingerprint density at radius 3 is 2.50 bits per heavy atom. The zero-order chi connectivity index (χ0) is 15.4. The van der Waals surface area contributed by atoms with Crippen LogP contribution in [0.2, 0.25) is 0 Å². The number of hydrogen-bond donors (Lipinski definition) is 0. The molecule has 1 aliphatic rings. The van der Waals surface area contributed by atoms with Gasteiger partial charge in [0.25, 0.3) is 5.91 Å². The fourth-order valence-electron chi connectivity index (χ4n) is 2.67. The molecule has 5 nitrogen and oxygen atoms in total. The monoisotopic (exact) mass is 296 g/mol. The van der Waals surface area contributed by atoms with Crippen molar-refractivity contribution in [3.8, 4) is 0 Å². The summed E-state index contributed by atoms with van der Waals surface area (Å²) in [6.07, 6.45) is 5.68. The maximum absolute atomic E-state index is 12.4. The Balaban J connectivity index is 1.66. The van der Waals surface area contributed by atoms with E-state index < -0.39 is 0 Å². The molecule has 1 saturated heterocycles. The van der Waals surface area contributed by atoms with E-state index >= 15 is 0 Å². The van der Waals surface area contributed by atoms with Crippen LogP contribution in [0.1, 0.15) is 28.9 Å². The second kappa shape index (κ2) is 6.56. The molecule has 3 rings (SSSR count). The van der Waals surface area contributed by atoms with Gasteiger partial charge in [0.1, 0.15) is 11.5 Å². The van der Waals surface area contributed by atoms with Gasteiger partial charge in [0, 0.05) is 26.7 Å². The Kier molecular flexibility index (Phi) is 4.32. The van der Waals surface area contributed by atoms with Crippen LogP contribution < -0.4 is 4.90 Å². The van der Waals surface area contributed by atoms with Crippen LogP contribution in [0.25, 0.3) is 0 Å². The lowest BCUT2D eigenvalue weighted by Crippen LogP contribution is -2.27. The van der Waals surface area contributed by atoms with Gasteiger partial charge in [-0.1, -0.05) is 30.3 Å². The van der Waals surface area contributed by atoms with E-state index in [1.807, 2.05) is 30.3 Å². The summed E-state index contributed by atoms with van der Waals surface area (Å²) in [6, 6.07) is 9.92. The predicted octanol–water partition coefficient (Wildman–Crippen LogP) is 2.35. The van der Waals surface area contributed by atoms with E-state index in [9.17, 15) is 4.79 Å². The van der Waals surface area contributed by atoms with Crippen LogP contribution in [-0.2, 0) is 6.54 Å². The van der Waals surface area contributed by atoms with Gasteiger partial charge in [-0.05, 0) is 18.4 Å². The number of nitrogens with zero attached hydrogens (tertiary/aromatic N) is 4. The van der Waals surface area contributed by atoms with Gasteiger partial charge in [-0.3, -0.25) is 4.79 Å². The van der Waals surface area contributed by atoms with E-state index in [4.69, 9.17) is 0 Å². The Labute approximate surface area is 130 Å². The number of amides is 1. The molecule has 0 spiro atoms. The summed E-state index contributed by atoms with van der Waals surface area (Å²) in [5, 5.41) is 0. The molecule has 114 valence electrons. The van der Waals surface area contributed by atoms with Gasteiger partial charge in [0.15, 0.2) is 0 Å². The number of carbonyl (C=O) groups is 1. The first-order valence-electron chi connectivity index (χ1n) is 7.60. The van der Waals surface area contributed by atoms with Crippen molar-refractivity contribution >= 4 is 11.7 Å². The Bertz CT molecular complexity index is 621. The van der Waals surface area contributed by atoms with E-state index in [0.29, 0.717) is 12.2 Å². The highest BCUT2D eigenvalue weighted by molar-refractivity contribution is 5.91. The zero-order valence-corrected chi connectivity index (χ0v) is 12.8. The van der Waals surface area contributed by atoms with Crippen molar-refractivity contribution in [3.63, 3.8) is 0 Å². The van der Waals surface area contributed by atoms with E-state index in [2.05, 4.69) is 14.9 Å². The summed E-state index contributed by atoms with van der Waals surface area (Å²) < 4.78 is 0. The van der Waals surface area contributed by atoms with Crippen LogP contribution in [0.3, 0.4) is 0 Å². The van der Waals surface area contributed by atoms with Gasteiger partial charge in [-0.2, -0.15) is 0 Å². The molecule has 0 N–H and O–H groups in total. The topological polar surface area (TPSA) is 49.3 Å². The molecule has 22 heavy (non-hydrogen) atoms. The average molecular weight is 296 g/mol. The van der Waals surface area contributed by atoms with Crippen LogP contribution in [0.5, 0.6) is 0 Å². The minimum absolute atomic E-state index is 0.107. The standard InChI is InChI=1S/C17H20N4O/c1-20(13-14-7-3-2-4-8-14)17(22)15-11-19-16(12-18-15)21-9-5-6-10-21/h2-4,7-8,11-12H,5-6,9-10,13H2,1H3. The van der Waals surface area contributed by atoms with Gasteiger partial charge in [-0.25, -0.2) is 9.97 Å². The minimum Gasteiger partial charge on any atom is -0.355 e. The molecule has 1 aliphatic heterocycles. The number of hydrogen-bond acceptors (Lipinski definition) is 4. The third-order valence-corrected chi connectivity index (χ3v) is 3.90. The zero-order valence-electron chi connectivity index (χ0n) is 12.8. The molecular weight excluding hydrogens is 276 g/mol. The van der Waals surface area contributed by atoms with Crippen molar-refractivity contribution < 1.29 is 4.79 Å². The van der Waals surface area contributed by atoms with Crippen LogP contribution in [0, 0.1) is 0 Å². The maximum atomic E-state index is 12.4. The molecule has 0 radical (unpaired) electrons. The predicted molar refractivity (Wildman–Crippen MR) is 85.7 cm³/mol. The van der Waals surface area contributed by atoms with Crippen LogP contribution in [-0.4, -0.2) is 40.9 Å². The molecule has 0 atom stereocenters. The van der Waals surface area contributed by atoms with Crippen molar-refractivity contribution in [3.05, 3.63) is 54.0 Å². The highest BCUT2D eigenvalue weighted by atomic mass is 16.2. The number of benzene rings is 1. The number of anilines is 1. The van der Waals surface area contributed by atoms with Crippen molar-refractivity contribution in [2.75, 3.05) is 25.0 Å². The summed E-state index contributed by atoms with van der Waals surface area (Å²) in [4.78, 5) is 24.9. The molecular formula is C17H20N4O. The fourth-order valence-corrected chi connectivity index (χ4v) is 2.67. The molecule has 1 aromatic carbocycles. The van der Waals surface area contributed by atoms with Crippen LogP contribution in [0.15, 0.2) is 42.7 Å². The lowest BCUT2D eigenvalue weighted by Gasteiger charge is -2.18. The quantitative estimate of drug-likeness (QED) is 0.869. The molecule has 0 unspecified atom stereocenters. The van der Waals surface area contributed by atoms with Gasteiger partial charge in [0.2, 0.25) is 0 Å². The third-order valence-electron chi connectivity index (χ3n) is 3.90. The highest BCUT2D eigenvalue weighted by Crippen LogP contribution is 2.16. The SMILES string of the molecule is CN(Cc1ccccc1)C(=O)c1cnc(N2CCCC2)cn1. The van der Waals surface area contributed by atoms with E-state index in [0.717, 1.165) is 24.5 Å². The van der Waals surface area contributed by atoms with Crippen molar-refractivity contribution in [1.29, 1.82) is 0 Å². The van der Waals surface area contributed by atoms with Crippen LogP contribution >= 0.6 is 0 Å². The van der Waals surface area contributed by atoms with E-state index in [-0.39, 0.29) is 5.91 Å². The fraction of sp³-hybridized carbons (Fsp3) is 0.353. The van der Waals surface area contributed by atoms with Crippen LogP contribution in [0.4, 0.5) is 5.82 Å². The van der Waals surface area contributed by atoms with Gasteiger partial charge >= 0.3 is 0 Å². The van der Waals surface area contributed by atoms with Crippen molar-refractivity contribution in [2.45, 2.75) is 19.4 Å². The summed E-state index contributed by atoms with van der Waals surface area (Å²) in [6.45, 7) is 2.61. The summed E-state index contributed by atoms with van der Waals surface area (Å²) in [7, 11) is 1.78. The first-order valence-corrected chi connectivity index (χ1v) is 7.60. The number of rotatable bonds is 4. The second-order valence-corrected chi connectivity index (χ2v) is 5.60.